The Morgan fingerprint density at radius 1 is 1.11 bits per heavy atom. The molecule has 2 aromatic carbocycles. The highest BCUT2D eigenvalue weighted by atomic mass is 35.5. The summed E-state index contributed by atoms with van der Waals surface area (Å²) in [4.78, 5) is 11.6. The number of nitro benzene ring substituents is 1. The Hall–Kier alpha value is -2.15. The predicted molar refractivity (Wildman–Crippen MR) is 100 cm³/mol. The van der Waals surface area contributed by atoms with Crippen LogP contribution in [0, 0.1) is 10.1 Å². The number of aliphatic hydroxyl groups excluding tert-OH is 1. The van der Waals surface area contributed by atoms with Crippen molar-refractivity contribution >= 4 is 5.69 Å². The molecule has 0 saturated heterocycles. The zero-order valence-electron chi connectivity index (χ0n) is 15.9. The molecule has 0 radical (unpaired) electrons. The van der Waals surface area contributed by atoms with Gasteiger partial charge in [0.1, 0.15) is 31.5 Å². The minimum atomic E-state index is -0.609. The maximum absolute atomic E-state index is 10.8. The number of hydrogen-bond acceptors (Lipinski definition) is 4. The molecule has 27 heavy (non-hydrogen) atoms. The summed E-state index contributed by atoms with van der Waals surface area (Å²) in [6.45, 7) is 7.75. The van der Waals surface area contributed by atoms with Gasteiger partial charge in [0.2, 0.25) is 0 Å². The van der Waals surface area contributed by atoms with Crippen LogP contribution in [-0.2, 0) is 6.54 Å². The molecule has 2 rings (SSSR count). The molecule has 148 valence electrons. The molecule has 0 amide bonds. The Bertz CT molecular complexity index is 702. The molecule has 2 aromatic rings. The number of quaternary nitrogens is 1. The van der Waals surface area contributed by atoms with Crippen LogP contribution in [0.3, 0.4) is 0 Å². The van der Waals surface area contributed by atoms with E-state index in [4.69, 9.17) is 4.74 Å². The average molecular weight is 395 g/mol. The Labute approximate surface area is 166 Å². The summed E-state index contributed by atoms with van der Waals surface area (Å²) < 4.78 is 5.64. The molecule has 0 aliphatic heterocycles. The zero-order chi connectivity index (χ0) is 19.2. The number of hydrogen-bond donors (Lipinski definition) is 2. The molecule has 6 nitrogen and oxygen atoms in total. The fourth-order valence-corrected chi connectivity index (χ4v) is 2.68. The lowest BCUT2D eigenvalue weighted by Gasteiger charge is -2.33. The summed E-state index contributed by atoms with van der Waals surface area (Å²) in [5.74, 6) is 0.735. The highest BCUT2D eigenvalue weighted by Crippen LogP contribution is 2.12. The van der Waals surface area contributed by atoms with Gasteiger partial charge in [0.05, 0.1) is 10.5 Å². The third kappa shape index (κ3) is 7.54. The normalized spacial score (nSPS) is 13.3. The van der Waals surface area contributed by atoms with E-state index in [1.54, 1.807) is 12.1 Å². The maximum atomic E-state index is 10.8. The lowest BCUT2D eigenvalue weighted by atomic mass is 10.0. The van der Waals surface area contributed by atoms with Gasteiger partial charge in [-0.3, -0.25) is 10.1 Å². The van der Waals surface area contributed by atoms with E-state index < -0.39 is 11.0 Å². The van der Waals surface area contributed by atoms with Crippen molar-refractivity contribution in [2.24, 2.45) is 0 Å². The van der Waals surface area contributed by atoms with Crippen LogP contribution in [0.1, 0.15) is 26.3 Å². The number of rotatable bonds is 8. The number of para-hydroxylation sites is 1. The van der Waals surface area contributed by atoms with Gasteiger partial charge in [-0.25, -0.2) is 0 Å². The van der Waals surface area contributed by atoms with Crippen LogP contribution in [-0.4, -0.2) is 34.8 Å². The quantitative estimate of drug-likeness (QED) is 0.455. The van der Waals surface area contributed by atoms with Crippen LogP contribution < -0.4 is 22.0 Å². The van der Waals surface area contributed by atoms with Crippen LogP contribution in [0.4, 0.5) is 5.69 Å². The number of non-ortho nitro benzene ring substituents is 1. The minimum Gasteiger partial charge on any atom is -1.00 e. The molecular formula is C20H27ClN2O4. The van der Waals surface area contributed by atoms with Crippen molar-refractivity contribution in [1.82, 2.24) is 0 Å². The highest BCUT2D eigenvalue weighted by molar-refractivity contribution is 5.32. The smallest absolute Gasteiger partial charge is 0.269 e. The molecule has 0 bridgehead atoms. The summed E-state index contributed by atoms with van der Waals surface area (Å²) in [5.41, 5.74) is 0.995. The molecule has 0 heterocycles. The molecule has 0 fully saturated rings. The number of nitro groups is 1. The van der Waals surface area contributed by atoms with Crippen LogP contribution in [0.5, 0.6) is 5.75 Å². The van der Waals surface area contributed by atoms with Crippen molar-refractivity contribution in [2.75, 3.05) is 13.2 Å². The van der Waals surface area contributed by atoms with Crippen LogP contribution in [0.15, 0.2) is 54.6 Å². The van der Waals surface area contributed by atoms with Gasteiger partial charge in [0.15, 0.2) is 0 Å². The summed E-state index contributed by atoms with van der Waals surface area (Å²) in [5, 5.41) is 21.2. The van der Waals surface area contributed by atoms with E-state index in [0.717, 1.165) is 11.3 Å². The van der Waals surface area contributed by atoms with E-state index in [-0.39, 0.29) is 30.2 Å². The number of aliphatic hydroxyl groups is 1. The molecule has 0 spiro atoms. The van der Waals surface area contributed by atoms with E-state index in [2.05, 4.69) is 20.8 Å². The van der Waals surface area contributed by atoms with Crippen molar-refractivity contribution in [3.8, 4) is 5.75 Å². The Morgan fingerprint density at radius 2 is 1.70 bits per heavy atom. The fraction of sp³-hybridized carbons (Fsp3) is 0.400. The van der Waals surface area contributed by atoms with Gasteiger partial charge < -0.3 is 27.2 Å². The van der Waals surface area contributed by atoms with Gasteiger partial charge in [0, 0.05) is 17.7 Å². The van der Waals surface area contributed by atoms with Crippen molar-refractivity contribution in [1.29, 1.82) is 0 Å². The predicted octanol–water partition coefficient (Wildman–Crippen LogP) is -0.778. The summed E-state index contributed by atoms with van der Waals surface area (Å²) in [7, 11) is 0. The van der Waals surface area contributed by atoms with Gasteiger partial charge in [-0.1, -0.05) is 18.2 Å². The van der Waals surface area contributed by atoms with E-state index in [1.165, 1.54) is 17.0 Å². The van der Waals surface area contributed by atoms with E-state index in [1.807, 2.05) is 30.3 Å². The van der Waals surface area contributed by atoms with Crippen LogP contribution >= 0.6 is 0 Å². The highest BCUT2D eigenvalue weighted by Gasteiger charge is 2.28. The SMILES string of the molecule is CC(C)(C)[NH+](Cc1ccc([N+](=O)[O-])cc1)CC(O)COc1ccccc1.[Cl-]. The third-order valence-corrected chi connectivity index (χ3v) is 4.29. The number of halogens is 1. The van der Waals surface area contributed by atoms with Gasteiger partial charge in [-0.2, -0.15) is 0 Å². The van der Waals surface area contributed by atoms with Crippen LogP contribution in [0.2, 0.25) is 0 Å². The second-order valence-electron chi connectivity index (χ2n) is 7.44. The van der Waals surface area contributed by atoms with Crippen molar-refractivity contribution in [3.05, 3.63) is 70.3 Å². The summed E-state index contributed by atoms with van der Waals surface area (Å²) in [6, 6.07) is 16.0. The molecule has 0 saturated carbocycles. The number of nitrogens with one attached hydrogen (secondary N) is 1. The first-order valence-electron chi connectivity index (χ1n) is 8.70. The summed E-state index contributed by atoms with van der Waals surface area (Å²) in [6.07, 6.45) is -0.609. The lowest BCUT2D eigenvalue weighted by molar-refractivity contribution is -0.962. The summed E-state index contributed by atoms with van der Waals surface area (Å²) >= 11 is 0. The fourth-order valence-electron chi connectivity index (χ4n) is 2.68. The standard InChI is InChI=1S/C20H26N2O4.ClH/c1-20(2,3)21(13-16-9-11-17(12-10-16)22(24)25)14-18(23)15-26-19-7-5-4-6-8-19;/h4-12,18,23H,13-15H2,1-3H3;1H. The van der Waals surface area contributed by atoms with E-state index >= 15 is 0 Å². The Morgan fingerprint density at radius 3 is 2.22 bits per heavy atom. The largest absolute Gasteiger partial charge is 1.00 e. The average Bonchev–Trinajstić information content (AvgIpc) is 2.60. The minimum absolute atomic E-state index is 0. The van der Waals surface area contributed by atoms with E-state index in [0.29, 0.717) is 13.1 Å². The maximum Gasteiger partial charge on any atom is 0.269 e. The number of nitrogens with zero attached hydrogens (tertiary/aromatic N) is 1. The van der Waals surface area contributed by atoms with Gasteiger partial charge in [-0.15, -0.1) is 0 Å². The molecule has 0 aliphatic rings. The topological polar surface area (TPSA) is 77.0 Å². The van der Waals surface area contributed by atoms with Crippen molar-refractivity contribution in [3.63, 3.8) is 0 Å². The first-order valence-corrected chi connectivity index (χ1v) is 8.70. The van der Waals surface area contributed by atoms with E-state index in [9.17, 15) is 15.2 Å². The zero-order valence-corrected chi connectivity index (χ0v) is 16.6. The van der Waals surface area contributed by atoms with Crippen molar-refractivity contribution in [2.45, 2.75) is 39.0 Å². The third-order valence-electron chi connectivity index (χ3n) is 4.29. The molecule has 0 aliphatic carbocycles. The van der Waals surface area contributed by atoms with Gasteiger partial charge >= 0.3 is 0 Å². The molecule has 2 N–H and O–H groups in total. The van der Waals surface area contributed by atoms with Crippen molar-refractivity contribution < 1.29 is 32.1 Å². The van der Waals surface area contributed by atoms with Crippen LogP contribution in [0.25, 0.3) is 0 Å². The second-order valence-corrected chi connectivity index (χ2v) is 7.44. The monoisotopic (exact) mass is 394 g/mol. The second kappa shape index (κ2) is 10.3. The lowest BCUT2D eigenvalue weighted by Crippen LogP contribution is -3.18. The first-order chi connectivity index (χ1) is 12.3. The first kappa shape index (κ1) is 22.9. The Balaban J connectivity index is 0.00000364. The molecule has 2 atom stereocenters. The molecule has 0 aromatic heterocycles. The Kier molecular flexibility index (Phi) is 8.69. The molecule has 2 unspecified atom stereocenters. The molecule has 7 heteroatoms. The number of benzene rings is 2. The van der Waals surface area contributed by atoms with Gasteiger partial charge in [0.25, 0.3) is 5.69 Å². The molecular weight excluding hydrogens is 368 g/mol. The number of ether oxygens (including phenoxy) is 1. The van der Waals surface area contributed by atoms with Gasteiger partial charge in [-0.05, 0) is 45.0 Å².